The number of carboxylic acid groups (broad SMARTS) is 1. The van der Waals surface area contributed by atoms with Gasteiger partial charge in [0.25, 0.3) is 0 Å². The molecule has 5 heteroatoms. The fourth-order valence-corrected chi connectivity index (χ4v) is 2.47. The van der Waals surface area contributed by atoms with E-state index in [1.54, 1.807) is 13.8 Å². The standard InChI is InChI=1S/C15H20N2O3/c1-9(2)13(14(18)19)17-15(20)16-12-7-6-10-4-3-5-11(10)8-12/h6-9,13H,3-5H2,1-2H3,(H,18,19)(H2,16,17,20)/t13-/m1/s1. The highest BCUT2D eigenvalue weighted by Crippen LogP contribution is 2.24. The number of hydrogen-bond acceptors (Lipinski definition) is 2. The summed E-state index contributed by atoms with van der Waals surface area (Å²) in [7, 11) is 0. The predicted octanol–water partition coefficient (Wildman–Crippen LogP) is 2.41. The van der Waals surface area contributed by atoms with E-state index in [2.05, 4.69) is 10.6 Å². The van der Waals surface area contributed by atoms with Crippen LogP contribution in [0.25, 0.3) is 0 Å². The number of carbonyl (C=O) groups excluding carboxylic acids is 1. The number of carbonyl (C=O) groups is 2. The molecule has 0 saturated carbocycles. The summed E-state index contributed by atoms with van der Waals surface area (Å²) in [6, 6.07) is 4.48. The molecule has 0 aliphatic heterocycles. The molecule has 0 saturated heterocycles. The van der Waals surface area contributed by atoms with Gasteiger partial charge in [-0.1, -0.05) is 19.9 Å². The van der Waals surface area contributed by atoms with E-state index in [1.807, 2.05) is 18.2 Å². The molecule has 0 aromatic heterocycles. The van der Waals surface area contributed by atoms with Crippen molar-refractivity contribution in [3.63, 3.8) is 0 Å². The van der Waals surface area contributed by atoms with Crippen molar-refractivity contribution >= 4 is 17.7 Å². The van der Waals surface area contributed by atoms with Crippen LogP contribution in [0.1, 0.15) is 31.4 Å². The maximum atomic E-state index is 11.8. The van der Waals surface area contributed by atoms with E-state index in [1.165, 1.54) is 11.1 Å². The second kappa shape index (κ2) is 5.94. The number of aryl methyl sites for hydroxylation is 2. The molecule has 5 nitrogen and oxygen atoms in total. The van der Waals surface area contributed by atoms with Crippen molar-refractivity contribution in [2.24, 2.45) is 5.92 Å². The Hall–Kier alpha value is -2.04. The van der Waals surface area contributed by atoms with Gasteiger partial charge < -0.3 is 15.7 Å². The summed E-state index contributed by atoms with van der Waals surface area (Å²) in [6.07, 6.45) is 3.28. The highest BCUT2D eigenvalue weighted by atomic mass is 16.4. The van der Waals surface area contributed by atoms with Crippen molar-refractivity contribution < 1.29 is 14.7 Å². The van der Waals surface area contributed by atoms with Crippen LogP contribution in [-0.2, 0) is 17.6 Å². The minimum Gasteiger partial charge on any atom is -0.480 e. The van der Waals surface area contributed by atoms with E-state index >= 15 is 0 Å². The van der Waals surface area contributed by atoms with Gasteiger partial charge in [0.2, 0.25) is 0 Å². The quantitative estimate of drug-likeness (QED) is 0.790. The molecule has 0 bridgehead atoms. The number of amides is 2. The van der Waals surface area contributed by atoms with E-state index in [-0.39, 0.29) is 5.92 Å². The van der Waals surface area contributed by atoms with Crippen LogP contribution >= 0.6 is 0 Å². The maximum Gasteiger partial charge on any atom is 0.326 e. The zero-order chi connectivity index (χ0) is 14.7. The number of fused-ring (bicyclic) bond motifs is 1. The summed E-state index contributed by atoms with van der Waals surface area (Å²) in [6.45, 7) is 3.52. The molecule has 2 amide bonds. The Kier molecular flexibility index (Phi) is 4.27. The minimum absolute atomic E-state index is 0.168. The van der Waals surface area contributed by atoms with E-state index in [0.717, 1.165) is 19.3 Å². The SMILES string of the molecule is CC(C)[C@@H](NC(=O)Nc1ccc2c(c1)CCC2)C(=O)O. The van der Waals surface area contributed by atoms with Crippen LogP contribution in [0.3, 0.4) is 0 Å². The van der Waals surface area contributed by atoms with Crippen molar-refractivity contribution in [1.29, 1.82) is 0 Å². The number of hydrogen-bond donors (Lipinski definition) is 3. The van der Waals surface area contributed by atoms with Gasteiger partial charge in [-0.05, 0) is 48.4 Å². The van der Waals surface area contributed by atoms with E-state index in [9.17, 15) is 9.59 Å². The second-order valence-corrected chi connectivity index (χ2v) is 5.50. The predicted molar refractivity (Wildman–Crippen MR) is 76.9 cm³/mol. The molecular formula is C15H20N2O3. The molecule has 2 rings (SSSR count). The number of nitrogens with one attached hydrogen (secondary N) is 2. The molecular weight excluding hydrogens is 256 g/mol. The van der Waals surface area contributed by atoms with Crippen molar-refractivity contribution in [2.75, 3.05) is 5.32 Å². The van der Waals surface area contributed by atoms with Crippen molar-refractivity contribution in [2.45, 2.75) is 39.2 Å². The first kappa shape index (κ1) is 14.4. The van der Waals surface area contributed by atoms with Crippen molar-refractivity contribution in [3.05, 3.63) is 29.3 Å². The lowest BCUT2D eigenvalue weighted by Crippen LogP contribution is -2.46. The lowest BCUT2D eigenvalue weighted by Gasteiger charge is -2.18. The molecule has 20 heavy (non-hydrogen) atoms. The number of anilines is 1. The summed E-state index contributed by atoms with van der Waals surface area (Å²) < 4.78 is 0. The monoisotopic (exact) mass is 276 g/mol. The van der Waals surface area contributed by atoms with Gasteiger partial charge in [0.1, 0.15) is 6.04 Å². The van der Waals surface area contributed by atoms with E-state index < -0.39 is 18.0 Å². The first-order valence-corrected chi connectivity index (χ1v) is 6.89. The Labute approximate surface area is 118 Å². The zero-order valence-corrected chi connectivity index (χ0v) is 11.8. The highest BCUT2D eigenvalue weighted by molar-refractivity contribution is 5.92. The fourth-order valence-electron chi connectivity index (χ4n) is 2.47. The third kappa shape index (κ3) is 3.29. The summed E-state index contributed by atoms with van der Waals surface area (Å²) in [5.41, 5.74) is 3.30. The molecule has 0 heterocycles. The van der Waals surface area contributed by atoms with Crippen LogP contribution < -0.4 is 10.6 Å². The lowest BCUT2D eigenvalue weighted by molar-refractivity contribution is -0.140. The Balaban J connectivity index is 1.99. The molecule has 1 aliphatic rings. The molecule has 108 valence electrons. The number of benzene rings is 1. The molecule has 0 spiro atoms. The number of urea groups is 1. The molecule has 1 aromatic carbocycles. The van der Waals surface area contributed by atoms with E-state index in [4.69, 9.17) is 5.11 Å². The van der Waals surface area contributed by atoms with Crippen LogP contribution in [0.2, 0.25) is 0 Å². The third-order valence-electron chi connectivity index (χ3n) is 3.58. The Morgan fingerprint density at radius 1 is 1.20 bits per heavy atom. The van der Waals surface area contributed by atoms with Crippen molar-refractivity contribution in [3.8, 4) is 0 Å². The molecule has 0 radical (unpaired) electrons. The minimum atomic E-state index is -1.02. The van der Waals surface area contributed by atoms with Gasteiger partial charge in [-0.3, -0.25) is 0 Å². The average Bonchev–Trinajstić information content (AvgIpc) is 2.82. The van der Waals surface area contributed by atoms with Crippen LogP contribution in [0.4, 0.5) is 10.5 Å². The zero-order valence-electron chi connectivity index (χ0n) is 11.8. The second-order valence-electron chi connectivity index (χ2n) is 5.50. The molecule has 3 N–H and O–H groups in total. The number of aliphatic carboxylic acids is 1. The fraction of sp³-hybridized carbons (Fsp3) is 0.467. The maximum absolute atomic E-state index is 11.8. The Morgan fingerprint density at radius 3 is 2.55 bits per heavy atom. The summed E-state index contributed by atoms with van der Waals surface area (Å²) in [5, 5.41) is 14.2. The Morgan fingerprint density at radius 2 is 1.90 bits per heavy atom. The molecule has 1 atom stereocenters. The van der Waals surface area contributed by atoms with Gasteiger partial charge in [0, 0.05) is 5.69 Å². The van der Waals surface area contributed by atoms with Gasteiger partial charge >= 0.3 is 12.0 Å². The topological polar surface area (TPSA) is 78.4 Å². The summed E-state index contributed by atoms with van der Waals surface area (Å²) >= 11 is 0. The lowest BCUT2D eigenvalue weighted by atomic mass is 10.1. The van der Waals surface area contributed by atoms with Crippen molar-refractivity contribution in [1.82, 2.24) is 5.32 Å². The summed E-state index contributed by atoms with van der Waals surface area (Å²) in [4.78, 5) is 22.9. The molecule has 1 aromatic rings. The largest absolute Gasteiger partial charge is 0.480 e. The number of rotatable bonds is 4. The van der Waals surface area contributed by atoms with Crippen LogP contribution in [0, 0.1) is 5.92 Å². The van der Waals surface area contributed by atoms with Gasteiger partial charge in [0.05, 0.1) is 0 Å². The van der Waals surface area contributed by atoms with Gasteiger partial charge in [-0.25, -0.2) is 9.59 Å². The average molecular weight is 276 g/mol. The third-order valence-corrected chi connectivity index (χ3v) is 3.58. The highest BCUT2D eigenvalue weighted by Gasteiger charge is 2.23. The van der Waals surface area contributed by atoms with Crippen LogP contribution in [0.5, 0.6) is 0 Å². The van der Waals surface area contributed by atoms with E-state index in [0.29, 0.717) is 5.69 Å². The summed E-state index contributed by atoms with van der Waals surface area (Å²) in [5.74, 6) is -1.19. The normalized spacial score (nSPS) is 14.8. The molecule has 0 fully saturated rings. The van der Waals surface area contributed by atoms with Gasteiger partial charge in [0.15, 0.2) is 0 Å². The smallest absolute Gasteiger partial charge is 0.326 e. The molecule has 0 unspecified atom stereocenters. The van der Waals surface area contributed by atoms with Crippen LogP contribution in [0.15, 0.2) is 18.2 Å². The van der Waals surface area contributed by atoms with Gasteiger partial charge in [-0.15, -0.1) is 0 Å². The molecule has 1 aliphatic carbocycles. The first-order valence-electron chi connectivity index (χ1n) is 6.89. The Bertz CT molecular complexity index is 526. The van der Waals surface area contributed by atoms with Crippen LogP contribution in [-0.4, -0.2) is 23.1 Å². The number of carboxylic acids is 1. The van der Waals surface area contributed by atoms with Gasteiger partial charge in [-0.2, -0.15) is 0 Å². The first-order chi connectivity index (χ1) is 9.47.